The topological polar surface area (TPSA) is 88.3 Å². The van der Waals surface area contributed by atoms with Crippen molar-refractivity contribution in [1.82, 2.24) is 15.2 Å². The Morgan fingerprint density at radius 3 is 2.77 bits per heavy atom. The van der Waals surface area contributed by atoms with E-state index < -0.39 is 12.1 Å². The van der Waals surface area contributed by atoms with Crippen molar-refractivity contribution in [3.05, 3.63) is 29.3 Å². The molecule has 1 aliphatic heterocycles. The van der Waals surface area contributed by atoms with Crippen molar-refractivity contribution in [3.63, 3.8) is 0 Å². The van der Waals surface area contributed by atoms with Gasteiger partial charge in [0.15, 0.2) is 0 Å². The number of fused-ring (bicyclic) bond motifs is 1. The number of nitrogens with zero attached hydrogens (tertiary/aromatic N) is 2. The van der Waals surface area contributed by atoms with Crippen LogP contribution in [0.3, 0.4) is 0 Å². The van der Waals surface area contributed by atoms with Crippen LogP contribution in [0.15, 0.2) is 24.3 Å². The number of urea groups is 1. The number of nitrogens with two attached hydrogens (primary N) is 1. The first-order valence-electron chi connectivity index (χ1n) is 8.77. The number of thiazole rings is 1. The zero-order chi connectivity index (χ0) is 18.5. The zero-order valence-electron chi connectivity index (χ0n) is 14.8. The molecule has 0 aliphatic carbocycles. The van der Waals surface area contributed by atoms with Gasteiger partial charge in [0.1, 0.15) is 6.04 Å². The Labute approximate surface area is 161 Å². The molecule has 6 nitrogen and oxygen atoms in total. The van der Waals surface area contributed by atoms with Gasteiger partial charge in [0.05, 0.1) is 15.2 Å². The molecule has 8 heteroatoms. The number of likely N-dealkylation sites (tertiary alicyclic amines) is 1. The first-order valence-corrected chi connectivity index (χ1v) is 11.0. The molecule has 3 rings (SSSR count). The van der Waals surface area contributed by atoms with Crippen molar-refractivity contribution in [1.29, 1.82) is 0 Å². The van der Waals surface area contributed by atoms with Crippen molar-refractivity contribution in [2.24, 2.45) is 5.73 Å². The molecular formula is C18H24N4O2S2. The second-order valence-corrected chi connectivity index (χ2v) is 8.51. The quantitative estimate of drug-likeness (QED) is 0.791. The number of benzene rings is 1. The van der Waals surface area contributed by atoms with Crippen LogP contribution in [0.25, 0.3) is 10.2 Å². The van der Waals surface area contributed by atoms with Gasteiger partial charge in [-0.05, 0) is 43.4 Å². The van der Waals surface area contributed by atoms with E-state index in [9.17, 15) is 9.59 Å². The molecule has 26 heavy (non-hydrogen) atoms. The first kappa shape index (κ1) is 19.0. The van der Waals surface area contributed by atoms with Gasteiger partial charge in [-0.15, -0.1) is 11.3 Å². The van der Waals surface area contributed by atoms with Crippen LogP contribution in [0.5, 0.6) is 0 Å². The van der Waals surface area contributed by atoms with Gasteiger partial charge >= 0.3 is 6.03 Å². The van der Waals surface area contributed by atoms with Crippen LogP contribution in [0.1, 0.15) is 30.2 Å². The molecule has 2 aromatic rings. The number of carbonyl (C=O) groups excluding carboxylic acids is 2. The summed E-state index contributed by atoms with van der Waals surface area (Å²) in [5.41, 5.74) is 6.28. The Morgan fingerprint density at radius 1 is 1.38 bits per heavy atom. The average molecular weight is 393 g/mol. The Morgan fingerprint density at radius 2 is 2.12 bits per heavy atom. The molecule has 0 spiro atoms. The van der Waals surface area contributed by atoms with Gasteiger partial charge in [0.2, 0.25) is 5.91 Å². The molecule has 0 radical (unpaired) electrons. The Balaban J connectivity index is 1.61. The van der Waals surface area contributed by atoms with Crippen molar-refractivity contribution in [3.8, 4) is 0 Å². The number of primary amides is 1. The van der Waals surface area contributed by atoms with Crippen LogP contribution in [0.4, 0.5) is 4.79 Å². The van der Waals surface area contributed by atoms with Crippen molar-refractivity contribution in [2.45, 2.75) is 31.2 Å². The smallest absolute Gasteiger partial charge is 0.312 e. The highest BCUT2D eigenvalue weighted by atomic mass is 32.2. The summed E-state index contributed by atoms with van der Waals surface area (Å²) < 4.78 is 1.21. The number of rotatable bonds is 6. The molecule has 140 valence electrons. The molecule has 1 aliphatic rings. The van der Waals surface area contributed by atoms with Gasteiger partial charge in [-0.25, -0.2) is 9.78 Å². The maximum Gasteiger partial charge on any atom is 0.312 e. The highest BCUT2D eigenvalue weighted by Crippen LogP contribution is 2.33. The molecule has 1 aromatic carbocycles. The van der Waals surface area contributed by atoms with E-state index in [4.69, 9.17) is 10.7 Å². The fourth-order valence-electron chi connectivity index (χ4n) is 3.30. The SMILES string of the molecule is CSCCC(NC(N)=O)C(=O)N1CCC(c2nc3ccccc3s2)CC1. The number of hydrogen-bond acceptors (Lipinski definition) is 5. The van der Waals surface area contributed by atoms with Gasteiger partial charge in [-0.1, -0.05) is 12.1 Å². The van der Waals surface area contributed by atoms with Crippen LogP contribution in [0.2, 0.25) is 0 Å². The van der Waals surface area contributed by atoms with Gasteiger partial charge in [-0.2, -0.15) is 11.8 Å². The van der Waals surface area contributed by atoms with E-state index in [2.05, 4.69) is 11.4 Å². The molecule has 0 bridgehead atoms. The Kier molecular flexibility index (Phi) is 6.37. The molecule has 3 N–H and O–H groups in total. The summed E-state index contributed by atoms with van der Waals surface area (Å²) in [4.78, 5) is 30.6. The van der Waals surface area contributed by atoms with E-state index in [1.54, 1.807) is 23.1 Å². The second kappa shape index (κ2) is 8.73. The largest absolute Gasteiger partial charge is 0.352 e. The summed E-state index contributed by atoms with van der Waals surface area (Å²) >= 11 is 3.40. The number of thioether (sulfide) groups is 1. The number of carbonyl (C=O) groups is 2. The maximum atomic E-state index is 12.8. The van der Waals surface area contributed by atoms with Gasteiger partial charge < -0.3 is 16.0 Å². The molecule has 1 unspecified atom stereocenters. The molecule has 0 saturated carbocycles. The third-order valence-electron chi connectivity index (χ3n) is 4.69. The van der Waals surface area contributed by atoms with Crippen molar-refractivity contribution < 1.29 is 9.59 Å². The summed E-state index contributed by atoms with van der Waals surface area (Å²) in [5, 5.41) is 3.76. The van der Waals surface area contributed by atoms with E-state index in [1.807, 2.05) is 29.4 Å². The van der Waals surface area contributed by atoms with Crippen LogP contribution < -0.4 is 11.1 Å². The minimum Gasteiger partial charge on any atom is -0.352 e. The molecule has 1 fully saturated rings. The molecular weight excluding hydrogens is 368 g/mol. The summed E-state index contributed by atoms with van der Waals surface area (Å²) in [5.74, 6) is 1.17. The van der Waals surface area contributed by atoms with Gasteiger partial charge in [-0.3, -0.25) is 4.79 Å². The number of para-hydroxylation sites is 1. The molecule has 1 aromatic heterocycles. The maximum absolute atomic E-state index is 12.8. The van der Waals surface area contributed by atoms with Crippen molar-refractivity contribution >= 4 is 45.3 Å². The predicted molar refractivity (Wildman–Crippen MR) is 108 cm³/mol. The second-order valence-electron chi connectivity index (χ2n) is 6.46. The highest BCUT2D eigenvalue weighted by Gasteiger charge is 2.30. The number of amides is 3. The monoisotopic (exact) mass is 392 g/mol. The average Bonchev–Trinajstić information content (AvgIpc) is 3.08. The van der Waals surface area contributed by atoms with E-state index in [0.29, 0.717) is 25.4 Å². The van der Waals surface area contributed by atoms with Crippen LogP contribution in [-0.2, 0) is 4.79 Å². The molecule has 1 atom stereocenters. The van der Waals surface area contributed by atoms with Crippen LogP contribution in [-0.4, -0.2) is 53.0 Å². The lowest BCUT2D eigenvalue weighted by molar-refractivity contribution is -0.134. The highest BCUT2D eigenvalue weighted by molar-refractivity contribution is 7.98. The number of nitrogens with one attached hydrogen (secondary N) is 1. The third kappa shape index (κ3) is 4.48. The van der Waals surface area contributed by atoms with Crippen LogP contribution in [0, 0.1) is 0 Å². The number of piperidine rings is 1. The minimum atomic E-state index is -0.645. The summed E-state index contributed by atoms with van der Waals surface area (Å²) in [7, 11) is 0. The number of aromatic nitrogens is 1. The Bertz CT molecular complexity index is 738. The van der Waals surface area contributed by atoms with E-state index in [-0.39, 0.29) is 5.91 Å². The molecule has 3 amide bonds. The molecule has 2 heterocycles. The summed E-state index contributed by atoms with van der Waals surface area (Å²) in [6, 6.07) is 7.01. The lowest BCUT2D eigenvalue weighted by atomic mass is 9.97. The lowest BCUT2D eigenvalue weighted by Gasteiger charge is -2.33. The van der Waals surface area contributed by atoms with E-state index >= 15 is 0 Å². The minimum absolute atomic E-state index is 0.0272. The fraction of sp³-hybridized carbons (Fsp3) is 0.500. The Hall–Kier alpha value is -1.80. The van der Waals surface area contributed by atoms with Gasteiger partial charge in [0, 0.05) is 19.0 Å². The summed E-state index contributed by atoms with van der Waals surface area (Å²) in [6.45, 7) is 1.38. The number of hydrogen-bond donors (Lipinski definition) is 2. The third-order valence-corrected chi connectivity index (χ3v) is 6.53. The predicted octanol–water partition coefficient (Wildman–Crippen LogP) is 2.79. The zero-order valence-corrected chi connectivity index (χ0v) is 16.4. The fourth-order valence-corrected chi connectivity index (χ4v) is 4.90. The van der Waals surface area contributed by atoms with Crippen LogP contribution >= 0.6 is 23.1 Å². The molecule has 1 saturated heterocycles. The van der Waals surface area contributed by atoms with E-state index in [1.165, 1.54) is 4.70 Å². The van der Waals surface area contributed by atoms with E-state index in [0.717, 1.165) is 29.1 Å². The summed E-state index contributed by atoms with van der Waals surface area (Å²) in [6.07, 6.45) is 4.38. The van der Waals surface area contributed by atoms with Crippen molar-refractivity contribution in [2.75, 3.05) is 25.1 Å². The standard InChI is InChI=1S/C18H24N4O2S2/c1-25-11-8-14(21-18(19)24)17(23)22-9-6-12(7-10-22)16-20-13-4-2-3-5-15(13)26-16/h2-5,12,14H,6-11H2,1H3,(H3,19,21,24). The lowest BCUT2D eigenvalue weighted by Crippen LogP contribution is -2.52. The normalized spacial score (nSPS) is 16.6. The first-order chi connectivity index (χ1) is 12.6. The van der Waals surface area contributed by atoms with Gasteiger partial charge in [0.25, 0.3) is 0 Å².